The van der Waals surface area contributed by atoms with Gasteiger partial charge in [-0.25, -0.2) is 0 Å². The molecule has 0 fully saturated rings. The molecule has 0 aromatic carbocycles. The molecule has 0 amide bonds. The third kappa shape index (κ3) is 7.01. The molecule has 0 aromatic rings. The normalized spacial score (nSPS) is 12.8. The first-order valence-electron chi connectivity index (χ1n) is 4.88. The molecule has 0 spiro atoms. The number of hydrogen-bond acceptors (Lipinski definition) is 2. The summed E-state index contributed by atoms with van der Waals surface area (Å²) in [5.74, 6) is -0.0325. The first-order chi connectivity index (χ1) is 5.66. The van der Waals surface area contributed by atoms with Gasteiger partial charge in [0.15, 0.2) is 0 Å². The van der Waals surface area contributed by atoms with Crippen LogP contribution in [0, 0.1) is 0 Å². The summed E-state index contributed by atoms with van der Waals surface area (Å²) in [7, 11) is -2.80. The Morgan fingerprint density at radius 3 is 1.92 bits per heavy atom. The Morgan fingerprint density at radius 2 is 1.62 bits per heavy atom. The van der Waals surface area contributed by atoms with Crippen molar-refractivity contribution in [3.05, 3.63) is 0 Å². The van der Waals surface area contributed by atoms with Gasteiger partial charge in [0.1, 0.15) is 0 Å². The van der Waals surface area contributed by atoms with E-state index in [2.05, 4.69) is 32.7 Å². The van der Waals surface area contributed by atoms with Crippen LogP contribution in [0.5, 0.6) is 0 Å². The van der Waals surface area contributed by atoms with Gasteiger partial charge in [0.2, 0.25) is 8.32 Å². The molecule has 4 heteroatoms. The molecule has 0 atom stereocenters. The summed E-state index contributed by atoms with van der Waals surface area (Å²) in [6.07, 6.45) is 0.502. The van der Waals surface area contributed by atoms with Gasteiger partial charge < -0.3 is 4.43 Å². The van der Waals surface area contributed by atoms with Gasteiger partial charge in [0, 0.05) is 14.5 Å². The molecule has 0 N–H and O–H groups in total. The Morgan fingerprint density at radius 1 is 1.15 bits per heavy atom. The molecule has 0 radical (unpaired) electrons. The molecule has 0 unspecified atom stereocenters. The van der Waals surface area contributed by atoms with Crippen molar-refractivity contribution in [3.8, 4) is 0 Å². The lowest BCUT2D eigenvalue weighted by Crippen LogP contribution is -2.41. The van der Waals surface area contributed by atoms with E-state index in [1.807, 2.05) is 6.92 Å². The van der Waals surface area contributed by atoms with Crippen LogP contribution in [0.15, 0.2) is 0 Å². The summed E-state index contributed by atoms with van der Waals surface area (Å²) >= 11 is 0. The van der Waals surface area contributed by atoms with Gasteiger partial charge in [-0.2, -0.15) is 0 Å². The largest absolute Gasteiger partial charge is 0.520 e. The summed E-state index contributed by atoms with van der Waals surface area (Å²) in [5, 5.41) is 0. The van der Waals surface area contributed by atoms with E-state index in [0.717, 1.165) is 5.67 Å². The Bertz CT molecular complexity index is 183. The van der Waals surface area contributed by atoms with Crippen LogP contribution in [-0.2, 0) is 9.22 Å². The van der Waals surface area contributed by atoms with Gasteiger partial charge in [-0.1, -0.05) is 26.6 Å². The van der Waals surface area contributed by atoms with E-state index in [4.69, 9.17) is 4.43 Å². The van der Waals surface area contributed by atoms with Crippen molar-refractivity contribution >= 4 is 22.4 Å². The average Bonchev–Trinajstić information content (AvgIpc) is 1.80. The lowest BCUT2D eigenvalue weighted by molar-refractivity contribution is -0.134. The predicted molar refractivity (Wildman–Crippen MR) is 62.0 cm³/mol. The summed E-state index contributed by atoms with van der Waals surface area (Å²) in [6, 6.07) is 0. The van der Waals surface area contributed by atoms with E-state index < -0.39 is 16.4 Å². The predicted octanol–water partition coefficient (Wildman–Crippen LogP) is 3.02. The highest BCUT2D eigenvalue weighted by atomic mass is 28.4. The lowest BCUT2D eigenvalue weighted by Gasteiger charge is -2.28. The Kier molecular flexibility index (Phi) is 4.38. The van der Waals surface area contributed by atoms with Gasteiger partial charge in [0.05, 0.1) is 0 Å². The van der Waals surface area contributed by atoms with Crippen LogP contribution in [0.2, 0.25) is 38.4 Å². The number of carbonyl (C=O) groups is 1. The summed E-state index contributed by atoms with van der Waals surface area (Å²) in [4.78, 5) is 11.1. The van der Waals surface area contributed by atoms with Crippen molar-refractivity contribution in [2.75, 3.05) is 0 Å². The Balaban J connectivity index is 4.16. The van der Waals surface area contributed by atoms with Crippen LogP contribution in [0.3, 0.4) is 0 Å². The van der Waals surface area contributed by atoms with Gasteiger partial charge in [-0.05, 0) is 18.8 Å². The van der Waals surface area contributed by atoms with Crippen LogP contribution < -0.4 is 0 Å². The lowest BCUT2D eigenvalue weighted by atomic mass is 10.5. The molecule has 78 valence electrons. The minimum atomic E-state index is -1.71. The molecule has 0 aliphatic carbocycles. The van der Waals surface area contributed by atoms with Crippen molar-refractivity contribution in [3.63, 3.8) is 0 Å². The Labute approximate surface area is 83.8 Å². The fourth-order valence-corrected chi connectivity index (χ4v) is 13.0. The van der Waals surface area contributed by atoms with Crippen molar-refractivity contribution in [1.29, 1.82) is 0 Å². The first-order valence-corrected chi connectivity index (χ1v) is 11.7. The molecular formula is C9H22O2Si2. The highest BCUT2D eigenvalue weighted by molar-refractivity contribution is 6.92. The maximum Gasteiger partial charge on any atom is 0.292 e. The molecule has 0 heterocycles. The minimum Gasteiger partial charge on any atom is -0.520 e. The number of rotatable bonds is 4. The molecular weight excluding hydrogens is 196 g/mol. The zero-order valence-corrected chi connectivity index (χ0v) is 11.7. The zero-order chi connectivity index (χ0) is 10.7. The molecule has 0 bridgehead atoms. The minimum absolute atomic E-state index is 0.0325. The monoisotopic (exact) mass is 218 g/mol. The fraction of sp³-hybridized carbons (Fsp3) is 0.889. The second-order valence-electron chi connectivity index (χ2n) is 5.32. The topological polar surface area (TPSA) is 26.3 Å². The van der Waals surface area contributed by atoms with Gasteiger partial charge in [-0.3, -0.25) is 4.79 Å². The summed E-state index contributed by atoms with van der Waals surface area (Å²) in [5.41, 5.74) is 1.16. The molecule has 0 saturated heterocycles. The zero-order valence-electron chi connectivity index (χ0n) is 9.73. The fourth-order valence-electron chi connectivity index (χ4n) is 1.69. The van der Waals surface area contributed by atoms with Crippen molar-refractivity contribution < 1.29 is 9.22 Å². The molecule has 0 aliphatic rings. The van der Waals surface area contributed by atoms with E-state index in [-0.39, 0.29) is 5.97 Å². The van der Waals surface area contributed by atoms with Crippen molar-refractivity contribution in [2.45, 2.75) is 51.7 Å². The summed E-state index contributed by atoms with van der Waals surface area (Å²) in [6.45, 7) is 13.1. The van der Waals surface area contributed by atoms with Gasteiger partial charge in [-0.15, -0.1) is 0 Å². The van der Waals surface area contributed by atoms with E-state index in [9.17, 15) is 4.79 Å². The van der Waals surface area contributed by atoms with Crippen LogP contribution in [0.25, 0.3) is 0 Å². The van der Waals surface area contributed by atoms with Crippen molar-refractivity contribution in [2.24, 2.45) is 0 Å². The molecule has 0 aliphatic heterocycles. The van der Waals surface area contributed by atoms with Crippen LogP contribution in [-0.4, -0.2) is 22.4 Å². The quantitative estimate of drug-likeness (QED) is 0.678. The molecule has 0 rings (SSSR count). The maximum atomic E-state index is 11.1. The van der Waals surface area contributed by atoms with Gasteiger partial charge >= 0.3 is 0 Å². The molecule has 13 heavy (non-hydrogen) atoms. The SMILES string of the molecule is CCC(=O)O[Si](C)(C)C[Si](C)(C)C. The van der Waals surface area contributed by atoms with Crippen LogP contribution in [0.4, 0.5) is 0 Å². The third-order valence-electron chi connectivity index (χ3n) is 1.63. The highest BCUT2D eigenvalue weighted by Gasteiger charge is 2.32. The van der Waals surface area contributed by atoms with E-state index in [0.29, 0.717) is 6.42 Å². The summed E-state index contributed by atoms with van der Waals surface area (Å²) < 4.78 is 5.50. The Hall–Kier alpha value is -0.0962. The third-order valence-corrected chi connectivity index (χ3v) is 10.1. The first kappa shape index (κ1) is 12.9. The van der Waals surface area contributed by atoms with E-state index >= 15 is 0 Å². The van der Waals surface area contributed by atoms with E-state index in [1.165, 1.54) is 0 Å². The maximum absolute atomic E-state index is 11.1. The molecule has 2 nitrogen and oxygen atoms in total. The number of carbonyl (C=O) groups excluding carboxylic acids is 1. The molecule has 0 aromatic heterocycles. The number of hydrogen-bond donors (Lipinski definition) is 0. The second kappa shape index (κ2) is 4.42. The van der Waals surface area contributed by atoms with E-state index in [1.54, 1.807) is 0 Å². The van der Waals surface area contributed by atoms with Gasteiger partial charge in [0.25, 0.3) is 5.97 Å². The van der Waals surface area contributed by atoms with Crippen LogP contribution in [0.1, 0.15) is 13.3 Å². The molecule has 0 saturated carbocycles. The van der Waals surface area contributed by atoms with Crippen LogP contribution >= 0.6 is 0 Å². The smallest absolute Gasteiger partial charge is 0.292 e. The average molecular weight is 218 g/mol. The standard InChI is InChI=1S/C9H22O2Si2/c1-7-9(10)11-13(5,6)8-12(2,3)4/h7-8H2,1-6H3. The van der Waals surface area contributed by atoms with Crippen molar-refractivity contribution in [1.82, 2.24) is 0 Å². The highest BCUT2D eigenvalue weighted by Crippen LogP contribution is 2.20. The second-order valence-corrected chi connectivity index (χ2v) is 15.6.